The molecule has 0 bridgehead atoms. The average Bonchev–Trinajstić information content (AvgIpc) is 2.54. The number of nitrogens with zero attached hydrogens (tertiary/aromatic N) is 2. The van der Waals surface area contributed by atoms with Crippen molar-refractivity contribution in [1.29, 1.82) is 0 Å². The lowest BCUT2D eigenvalue weighted by molar-refractivity contribution is 0.464. The third-order valence-electron chi connectivity index (χ3n) is 2.74. The first-order valence-electron chi connectivity index (χ1n) is 5.90. The van der Waals surface area contributed by atoms with E-state index >= 15 is 0 Å². The van der Waals surface area contributed by atoms with Crippen LogP contribution in [0, 0.1) is 5.92 Å². The van der Waals surface area contributed by atoms with Crippen LogP contribution in [0.15, 0.2) is 30.3 Å². The number of rotatable bonds is 3. The molecule has 1 heterocycles. The van der Waals surface area contributed by atoms with E-state index in [1.165, 1.54) is 0 Å². The second kappa shape index (κ2) is 4.62. The Balaban J connectivity index is 2.45. The first-order chi connectivity index (χ1) is 8.09. The summed E-state index contributed by atoms with van der Waals surface area (Å²) in [6.45, 7) is 4.24. The molecule has 0 aliphatic heterocycles. The van der Waals surface area contributed by atoms with Crippen LogP contribution in [0.1, 0.15) is 19.5 Å². The van der Waals surface area contributed by atoms with Crippen LogP contribution >= 0.6 is 0 Å². The summed E-state index contributed by atoms with van der Waals surface area (Å²) >= 11 is 0. The van der Waals surface area contributed by atoms with Crippen molar-refractivity contribution >= 4 is 0 Å². The Morgan fingerprint density at radius 3 is 2.47 bits per heavy atom. The highest BCUT2D eigenvalue weighted by molar-refractivity contribution is 5.67. The predicted octanol–water partition coefficient (Wildman–Crippen LogP) is 2.99. The molecule has 1 aromatic heterocycles. The minimum absolute atomic E-state index is 0.312. The summed E-state index contributed by atoms with van der Waals surface area (Å²) in [5, 5.41) is 14.6. The molecule has 0 amide bonds. The van der Waals surface area contributed by atoms with Gasteiger partial charge < -0.3 is 5.11 Å². The van der Waals surface area contributed by atoms with Crippen LogP contribution in [0.2, 0.25) is 0 Å². The molecule has 0 aliphatic carbocycles. The van der Waals surface area contributed by atoms with E-state index in [9.17, 15) is 5.11 Å². The van der Waals surface area contributed by atoms with Gasteiger partial charge in [-0.3, -0.25) is 4.68 Å². The first kappa shape index (κ1) is 11.7. The summed E-state index contributed by atoms with van der Waals surface area (Å²) in [6, 6.07) is 9.85. The summed E-state index contributed by atoms with van der Waals surface area (Å²) in [7, 11) is 1.87. The smallest absolute Gasteiger partial charge is 0.164 e. The topological polar surface area (TPSA) is 38.0 Å². The van der Waals surface area contributed by atoms with Crippen molar-refractivity contribution in [1.82, 2.24) is 9.78 Å². The van der Waals surface area contributed by atoms with Crippen molar-refractivity contribution in [3.63, 3.8) is 0 Å². The van der Waals surface area contributed by atoms with E-state index in [0.29, 0.717) is 11.7 Å². The summed E-state index contributed by atoms with van der Waals surface area (Å²) in [5.41, 5.74) is 2.57. The molecule has 2 rings (SSSR count). The zero-order chi connectivity index (χ0) is 12.4. The maximum absolute atomic E-state index is 10.2. The molecule has 1 aromatic carbocycles. The zero-order valence-electron chi connectivity index (χ0n) is 10.5. The van der Waals surface area contributed by atoms with E-state index < -0.39 is 0 Å². The lowest BCUT2D eigenvalue weighted by Crippen LogP contribution is -1.97. The number of benzene rings is 1. The molecule has 3 heteroatoms. The Morgan fingerprint density at radius 2 is 1.88 bits per heavy atom. The lowest BCUT2D eigenvalue weighted by Gasteiger charge is -2.02. The van der Waals surface area contributed by atoms with Crippen LogP contribution in [-0.2, 0) is 13.5 Å². The van der Waals surface area contributed by atoms with Crippen molar-refractivity contribution in [2.45, 2.75) is 20.3 Å². The molecule has 0 saturated heterocycles. The Kier molecular flexibility index (Phi) is 3.18. The molecular formula is C14H18N2O. The van der Waals surface area contributed by atoms with Crippen LogP contribution in [0.5, 0.6) is 5.75 Å². The highest BCUT2D eigenvalue weighted by Crippen LogP contribution is 2.32. The number of hydrogen-bond donors (Lipinski definition) is 1. The fraction of sp³-hybridized carbons (Fsp3) is 0.357. The fourth-order valence-electron chi connectivity index (χ4n) is 2.01. The highest BCUT2D eigenvalue weighted by atomic mass is 16.3. The van der Waals surface area contributed by atoms with E-state index in [1.54, 1.807) is 4.68 Å². The van der Waals surface area contributed by atoms with Gasteiger partial charge in [0, 0.05) is 12.6 Å². The molecule has 0 unspecified atom stereocenters. The third kappa shape index (κ3) is 2.33. The SMILES string of the molecule is CC(C)Cc1nn(C)c(-c2ccccc2)c1O. The van der Waals surface area contributed by atoms with Crippen LogP contribution < -0.4 is 0 Å². The lowest BCUT2D eigenvalue weighted by atomic mass is 10.1. The molecule has 0 aliphatic rings. The van der Waals surface area contributed by atoms with E-state index in [4.69, 9.17) is 0 Å². The van der Waals surface area contributed by atoms with Gasteiger partial charge in [-0.2, -0.15) is 5.10 Å². The second-order valence-corrected chi connectivity index (χ2v) is 4.73. The maximum Gasteiger partial charge on any atom is 0.164 e. The quantitative estimate of drug-likeness (QED) is 0.880. The van der Waals surface area contributed by atoms with Crippen molar-refractivity contribution in [3.8, 4) is 17.0 Å². The standard InChI is InChI=1S/C14H18N2O/c1-10(2)9-12-14(17)13(16(3)15-12)11-7-5-4-6-8-11/h4-8,10,17H,9H2,1-3H3. The molecule has 17 heavy (non-hydrogen) atoms. The van der Waals surface area contributed by atoms with Gasteiger partial charge in [-0.05, 0) is 12.3 Å². The summed E-state index contributed by atoms with van der Waals surface area (Å²) in [6.07, 6.45) is 0.798. The molecule has 0 spiro atoms. The van der Waals surface area contributed by atoms with Gasteiger partial charge in [-0.1, -0.05) is 44.2 Å². The van der Waals surface area contributed by atoms with E-state index in [0.717, 1.165) is 23.4 Å². The van der Waals surface area contributed by atoms with Gasteiger partial charge in [-0.25, -0.2) is 0 Å². The molecule has 0 fully saturated rings. The molecular weight excluding hydrogens is 212 g/mol. The van der Waals surface area contributed by atoms with Crippen LogP contribution in [0.4, 0.5) is 0 Å². The Morgan fingerprint density at radius 1 is 1.24 bits per heavy atom. The van der Waals surface area contributed by atoms with Gasteiger partial charge in [0.05, 0.1) is 0 Å². The van der Waals surface area contributed by atoms with Gasteiger partial charge in [-0.15, -0.1) is 0 Å². The monoisotopic (exact) mass is 230 g/mol. The van der Waals surface area contributed by atoms with E-state index in [2.05, 4.69) is 18.9 Å². The Hall–Kier alpha value is -1.77. The first-order valence-corrected chi connectivity index (χ1v) is 5.90. The van der Waals surface area contributed by atoms with Crippen LogP contribution in [0.25, 0.3) is 11.3 Å². The van der Waals surface area contributed by atoms with Crippen molar-refractivity contribution in [3.05, 3.63) is 36.0 Å². The minimum Gasteiger partial charge on any atom is -0.504 e. The number of hydrogen-bond acceptors (Lipinski definition) is 2. The van der Waals surface area contributed by atoms with Crippen molar-refractivity contribution < 1.29 is 5.11 Å². The Labute approximate surface area is 102 Å². The van der Waals surface area contributed by atoms with Crippen LogP contribution in [-0.4, -0.2) is 14.9 Å². The van der Waals surface area contributed by atoms with Gasteiger partial charge >= 0.3 is 0 Å². The molecule has 3 nitrogen and oxygen atoms in total. The normalized spacial score (nSPS) is 11.1. The summed E-state index contributed by atoms with van der Waals surface area (Å²) in [5.74, 6) is 0.798. The number of aromatic hydroxyl groups is 1. The second-order valence-electron chi connectivity index (χ2n) is 4.73. The predicted molar refractivity (Wildman–Crippen MR) is 68.9 cm³/mol. The maximum atomic E-state index is 10.2. The number of aryl methyl sites for hydroxylation is 1. The molecule has 1 N–H and O–H groups in total. The van der Waals surface area contributed by atoms with Gasteiger partial charge in [0.25, 0.3) is 0 Å². The summed E-state index contributed by atoms with van der Waals surface area (Å²) in [4.78, 5) is 0. The van der Waals surface area contributed by atoms with Gasteiger partial charge in [0.1, 0.15) is 11.4 Å². The Bertz CT molecular complexity index is 500. The molecule has 0 radical (unpaired) electrons. The molecule has 0 atom stereocenters. The highest BCUT2D eigenvalue weighted by Gasteiger charge is 2.17. The minimum atomic E-state index is 0.312. The van der Waals surface area contributed by atoms with Crippen LogP contribution in [0.3, 0.4) is 0 Å². The third-order valence-corrected chi connectivity index (χ3v) is 2.74. The molecule has 2 aromatic rings. The molecule has 0 saturated carbocycles. The zero-order valence-corrected chi connectivity index (χ0v) is 10.5. The van der Waals surface area contributed by atoms with Crippen molar-refractivity contribution in [2.24, 2.45) is 13.0 Å². The van der Waals surface area contributed by atoms with E-state index in [-0.39, 0.29) is 0 Å². The largest absolute Gasteiger partial charge is 0.504 e. The number of aromatic nitrogens is 2. The summed E-state index contributed by atoms with van der Waals surface area (Å²) < 4.78 is 1.75. The fourth-order valence-corrected chi connectivity index (χ4v) is 2.01. The van der Waals surface area contributed by atoms with E-state index in [1.807, 2.05) is 37.4 Å². The average molecular weight is 230 g/mol. The van der Waals surface area contributed by atoms with Gasteiger partial charge in [0.15, 0.2) is 5.75 Å². The van der Waals surface area contributed by atoms with Gasteiger partial charge in [0.2, 0.25) is 0 Å². The van der Waals surface area contributed by atoms with Crippen molar-refractivity contribution in [2.75, 3.05) is 0 Å². The molecule has 90 valence electrons.